The van der Waals surface area contributed by atoms with E-state index in [1.165, 1.54) is 53.2 Å². The SMILES string of the molecule is c1ccc(-c2cc(-c3ccc(N(c4cccc5c4oc4ccccc45)c4cccc5c4sc4ccccc45)cc3)cc3ccccc23)cc1. The molecule has 0 bridgehead atoms. The summed E-state index contributed by atoms with van der Waals surface area (Å²) in [7, 11) is 0. The van der Waals surface area contributed by atoms with Crippen LogP contribution in [0.3, 0.4) is 0 Å². The van der Waals surface area contributed by atoms with Crippen molar-refractivity contribution in [2.45, 2.75) is 0 Å². The van der Waals surface area contributed by atoms with Crippen LogP contribution in [0.15, 0.2) is 180 Å². The van der Waals surface area contributed by atoms with Crippen LogP contribution < -0.4 is 4.90 Å². The van der Waals surface area contributed by atoms with Gasteiger partial charge in [0.25, 0.3) is 0 Å². The number of furan rings is 1. The van der Waals surface area contributed by atoms with Crippen LogP contribution in [0.1, 0.15) is 0 Å². The van der Waals surface area contributed by atoms with Gasteiger partial charge in [-0.05, 0) is 81.6 Å². The molecule has 8 aromatic carbocycles. The van der Waals surface area contributed by atoms with E-state index < -0.39 is 0 Å². The Hall–Kier alpha value is -6.16. The molecule has 0 radical (unpaired) electrons. The van der Waals surface area contributed by atoms with Crippen molar-refractivity contribution >= 4 is 81.3 Å². The molecule has 10 rings (SSSR count). The lowest BCUT2D eigenvalue weighted by Crippen LogP contribution is -2.10. The summed E-state index contributed by atoms with van der Waals surface area (Å²) in [5.74, 6) is 0. The Bertz CT molecular complexity index is 2710. The van der Waals surface area contributed by atoms with Crippen LogP contribution in [0, 0.1) is 0 Å². The topological polar surface area (TPSA) is 16.4 Å². The molecule has 0 aliphatic heterocycles. The largest absolute Gasteiger partial charge is 0.454 e. The zero-order valence-electron chi connectivity index (χ0n) is 26.5. The van der Waals surface area contributed by atoms with E-state index in [1.54, 1.807) is 0 Å². The summed E-state index contributed by atoms with van der Waals surface area (Å²) >= 11 is 1.84. The fourth-order valence-corrected chi connectivity index (χ4v) is 8.57. The molecule has 2 heterocycles. The Kier molecular flexibility index (Phi) is 6.39. The molecule has 230 valence electrons. The molecule has 0 atom stereocenters. The van der Waals surface area contributed by atoms with Crippen LogP contribution in [0.4, 0.5) is 17.1 Å². The number of rotatable bonds is 5. The van der Waals surface area contributed by atoms with E-state index in [0.717, 1.165) is 39.0 Å². The van der Waals surface area contributed by atoms with Crippen LogP contribution in [0.5, 0.6) is 0 Å². The molecule has 0 fully saturated rings. The predicted molar refractivity (Wildman–Crippen MR) is 210 cm³/mol. The maximum atomic E-state index is 6.63. The summed E-state index contributed by atoms with van der Waals surface area (Å²) in [5, 5.41) is 7.28. The van der Waals surface area contributed by atoms with Gasteiger partial charge in [-0.1, -0.05) is 127 Å². The second-order valence-corrected chi connectivity index (χ2v) is 13.5. The lowest BCUT2D eigenvalue weighted by atomic mass is 9.93. The highest BCUT2D eigenvalue weighted by molar-refractivity contribution is 7.26. The summed E-state index contributed by atoms with van der Waals surface area (Å²) in [4.78, 5) is 2.38. The standard InChI is InChI=1S/C46H29NOS/c1-2-12-31(13-3-1)40-29-33(28-32-14-4-5-15-35(32)40)30-24-26-34(27-25-30)47(41-20-10-18-38-36-16-6-8-22-43(36)48-45(38)41)42-21-11-19-39-37-17-7-9-23-44(37)49-46(39)42/h1-29H. The highest BCUT2D eigenvalue weighted by Gasteiger charge is 2.22. The van der Waals surface area contributed by atoms with Crippen molar-refractivity contribution in [3.8, 4) is 22.3 Å². The lowest BCUT2D eigenvalue weighted by molar-refractivity contribution is 0.669. The van der Waals surface area contributed by atoms with Gasteiger partial charge in [0.05, 0.1) is 16.1 Å². The number of nitrogens with zero attached hydrogens (tertiary/aromatic N) is 1. The van der Waals surface area contributed by atoms with E-state index in [0.29, 0.717) is 0 Å². The van der Waals surface area contributed by atoms with Gasteiger partial charge in [0, 0.05) is 31.9 Å². The highest BCUT2D eigenvalue weighted by atomic mass is 32.1. The van der Waals surface area contributed by atoms with Crippen LogP contribution in [0.25, 0.3) is 75.1 Å². The second kappa shape index (κ2) is 11.2. The molecular weight excluding hydrogens is 615 g/mol. The molecule has 3 heteroatoms. The minimum absolute atomic E-state index is 0.882. The van der Waals surface area contributed by atoms with Crippen molar-refractivity contribution < 1.29 is 4.42 Å². The van der Waals surface area contributed by atoms with Gasteiger partial charge in [0.15, 0.2) is 5.58 Å². The van der Waals surface area contributed by atoms with Gasteiger partial charge >= 0.3 is 0 Å². The number of hydrogen-bond donors (Lipinski definition) is 0. The van der Waals surface area contributed by atoms with E-state index in [-0.39, 0.29) is 0 Å². The Balaban J connectivity index is 1.18. The van der Waals surface area contributed by atoms with Crippen molar-refractivity contribution in [3.63, 3.8) is 0 Å². The molecule has 0 aliphatic rings. The smallest absolute Gasteiger partial charge is 0.159 e. The summed E-state index contributed by atoms with van der Waals surface area (Å²) < 4.78 is 9.17. The number of benzene rings is 8. The van der Waals surface area contributed by atoms with Gasteiger partial charge in [0.2, 0.25) is 0 Å². The molecule has 0 spiro atoms. The first-order chi connectivity index (χ1) is 24.3. The third kappa shape index (κ3) is 4.55. The normalized spacial score (nSPS) is 11.7. The molecule has 0 saturated carbocycles. The van der Waals surface area contributed by atoms with E-state index in [1.807, 2.05) is 17.4 Å². The molecule has 49 heavy (non-hydrogen) atoms. The molecule has 2 nitrogen and oxygen atoms in total. The Morgan fingerprint density at radius 2 is 1.10 bits per heavy atom. The molecule has 2 aromatic heterocycles. The molecule has 0 amide bonds. The maximum absolute atomic E-state index is 6.63. The van der Waals surface area contributed by atoms with E-state index in [4.69, 9.17) is 4.42 Å². The molecule has 10 aromatic rings. The Morgan fingerprint density at radius 3 is 1.96 bits per heavy atom. The third-order valence-corrected chi connectivity index (χ3v) is 10.9. The van der Waals surface area contributed by atoms with Gasteiger partial charge in [-0.15, -0.1) is 11.3 Å². The van der Waals surface area contributed by atoms with Gasteiger partial charge < -0.3 is 9.32 Å². The van der Waals surface area contributed by atoms with Crippen LogP contribution >= 0.6 is 11.3 Å². The Morgan fingerprint density at radius 1 is 0.429 bits per heavy atom. The quantitative estimate of drug-likeness (QED) is 0.186. The minimum atomic E-state index is 0.882. The summed E-state index contributed by atoms with van der Waals surface area (Å²) in [6.45, 7) is 0. The van der Waals surface area contributed by atoms with Gasteiger partial charge in [-0.3, -0.25) is 0 Å². The fourth-order valence-electron chi connectivity index (χ4n) is 7.36. The summed E-state index contributed by atoms with van der Waals surface area (Å²) in [6, 6.07) is 63.2. The monoisotopic (exact) mass is 643 g/mol. The van der Waals surface area contributed by atoms with Crippen molar-refractivity contribution in [2.24, 2.45) is 0 Å². The highest BCUT2D eigenvalue weighted by Crippen LogP contribution is 2.47. The fraction of sp³-hybridized carbons (Fsp3) is 0. The third-order valence-electron chi connectivity index (χ3n) is 9.65. The van der Waals surface area contributed by atoms with Crippen LogP contribution in [-0.2, 0) is 0 Å². The number of fused-ring (bicyclic) bond motifs is 7. The molecule has 0 saturated heterocycles. The second-order valence-electron chi connectivity index (χ2n) is 12.5. The number of para-hydroxylation sites is 2. The molecule has 0 unspecified atom stereocenters. The number of hydrogen-bond acceptors (Lipinski definition) is 3. The van der Waals surface area contributed by atoms with Gasteiger partial charge in [-0.2, -0.15) is 0 Å². The van der Waals surface area contributed by atoms with Crippen LogP contribution in [-0.4, -0.2) is 0 Å². The average Bonchev–Trinajstić information content (AvgIpc) is 3.75. The average molecular weight is 644 g/mol. The van der Waals surface area contributed by atoms with Crippen molar-refractivity contribution in [1.82, 2.24) is 0 Å². The predicted octanol–water partition coefficient (Wildman–Crippen LogP) is 13.9. The Labute approximate surface area is 287 Å². The number of thiophene rings is 1. The summed E-state index contributed by atoms with van der Waals surface area (Å²) in [5.41, 5.74) is 9.84. The first kappa shape index (κ1) is 27.9. The first-order valence-corrected chi connectivity index (χ1v) is 17.4. The lowest BCUT2D eigenvalue weighted by Gasteiger charge is -2.26. The van der Waals surface area contributed by atoms with Gasteiger partial charge in [-0.25, -0.2) is 0 Å². The van der Waals surface area contributed by atoms with Crippen molar-refractivity contribution in [3.05, 3.63) is 176 Å². The van der Waals surface area contributed by atoms with Crippen molar-refractivity contribution in [2.75, 3.05) is 4.90 Å². The van der Waals surface area contributed by atoms with Crippen molar-refractivity contribution in [1.29, 1.82) is 0 Å². The van der Waals surface area contributed by atoms with E-state index in [2.05, 4.69) is 175 Å². The van der Waals surface area contributed by atoms with Crippen LogP contribution in [0.2, 0.25) is 0 Å². The zero-order chi connectivity index (χ0) is 32.3. The van der Waals surface area contributed by atoms with Gasteiger partial charge in [0.1, 0.15) is 5.58 Å². The molecule has 0 N–H and O–H groups in total. The van der Waals surface area contributed by atoms with E-state index >= 15 is 0 Å². The minimum Gasteiger partial charge on any atom is -0.454 e. The zero-order valence-corrected chi connectivity index (χ0v) is 27.3. The maximum Gasteiger partial charge on any atom is 0.159 e. The summed E-state index contributed by atoms with van der Waals surface area (Å²) in [6.07, 6.45) is 0. The molecular formula is C46H29NOS. The van der Waals surface area contributed by atoms with E-state index in [9.17, 15) is 0 Å². The number of anilines is 3. The molecule has 0 aliphatic carbocycles. The first-order valence-electron chi connectivity index (χ1n) is 16.6.